The largest absolute Gasteiger partial charge is 0.358 e. The first-order valence-electron chi connectivity index (χ1n) is 7.16. The highest BCUT2D eigenvalue weighted by molar-refractivity contribution is 7.80. The molecule has 0 heterocycles. The van der Waals surface area contributed by atoms with E-state index in [0.29, 0.717) is 21.7 Å². The zero-order chi connectivity index (χ0) is 16.8. The molecule has 2 N–H and O–H groups in total. The van der Waals surface area contributed by atoms with Gasteiger partial charge in [0.05, 0.1) is 0 Å². The summed E-state index contributed by atoms with van der Waals surface area (Å²) in [5.41, 5.74) is 3.26. The molecular formula is C17H19Cl2N3S. The van der Waals surface area contributed by atoms with Gasteiger partial charge in [-0.15, -0.1) is 0 Å². The molecule has 0 amide bonds. The van der Waals surface area contributed by atoms with Crippen molar-refractivity contribution in [3.63, 3.8) is 0 Å². The maximum Gasteiger partial charge on any atom is 0.171 e. The van der Waals surface area contributed by atoms with Crippen molar-refractivity contribution in [1.82, 2.24) is 10.2 Å². The van der Waals surface area contributed by atoms with E-state index in [0.717, 1.165) is 12.2 Å². The van der Waals surface area contributed by atoms with Gasteiger partial charge in [-0.05, 0) is 55.6 Å². The van der Waals surface area contributed by atoms with Crippen LogP contribution in [0.4, 0.5) is 5.69 Å². The first kappa shape index (κ1) is 18.0. The summed E-state index contributed by atoms with van der Waals surface area (Å²) in [6, 6.07) is 13.6. The van der Waals surface area contributed by atoms with Crippen LogP contribution in [0.3, 0.4) is 0 Å². The quantitative estimate of drug-likeness (QED) is 0.758. The maximum atomic E-state index is 5.98. The zero-order valence-corrected chi connectivity index (χ0v) is 15.4. The first-order valence-corrected chi connectivity index (χ1v) is 8.33. The Morgan fingerprint density at radius 2 is 1.65 bits per heavy atom. The predicted molar refractivity (Wildman–Crippen MR) is 103 cm³/mol. The van der Waals surface area contributed by atoms with Gasteiger partial charge < -0.3 is 15.5 Å². The fourth-order valence-electron chi connectivity index (χ4n) is 2.20. The van der Waals surface area contributed by atoms with Crippen LogP contribution in [0.2, 0.25) is 10.0 Å². The highest BCUT2D eigenvalue weighted by Crippen LogP contribution is 2.22. The van der Waals surface area contributed by atoms with Crippen LogP contribution in [0.1, 0.15) is 11.1 Å². The smallest absolute Gasteiger partial charge is 0.171 e. The molecule has 0 aliphatic rings. The second-order valence-electron chi connectivity index (χ2n) is 5.47. The van der Waals surface area contributed by atoms with E-state index >= 15 is 0 Å². The van der Waals surface area contributed by atoms with Crippen molar-refractivity contribution in [3.8, 4) is 0 Å². The van der Waals surface area contributed by atoms with E-state index < -0.39 is 0 Å². The van der Waals surface area contributed by atoms with Gasteiger partial charge >= 0.3 is 0 Å². The standard InChI is InChI=1S/C17H19Cl2N3S/c1-22(2)11-13-6-4-3-5-12(13)10-20-17(23)21-16-8-14(18)7-15(19)9-16/h3-9H,10-11H2,1-2H3,(H2,20,21,23). The lowest BCUT2D eigenvalue weighted by Crippen LogP contribution is -2.28. The molecule has 0 bridgehead atoms. The third kappa shape index (κ3) is 5.99. The Labute approximate surface area is 152 Å². The summed E-state index contributed by atoms with van der Waals surface area (Å²) in [7, 11) is 4.11. The van der Waals surface area contributed by atoms with Gasteiger partial charge in [0.2, 0.25) is 0 Å². The number of rotatable bonds is 5. The second kappa shape index (κ2) is 8.50. The number of hydrogen-bond donors (Lipinski definition) is 2. The summed E-state index contributed by atoms with van der Waals surface area (Å²) in [5, 5.41) is 7.98. The molecule has 122 valence electrons. The molecule has 0 atom stereocenters. The molecule has 6 heteroatoms. The molecule has 0 spiro atoms. The normalized spacial score (nSPS) is 10.7. The van der Waals surface area contributed by atoms with E-state index in [1.807, 2.05) is 12.1 Å². The minimum absolute atomic E-state index is 0.531. The Hall–Kier alpha value is -1.33. The summed E-state index contributed by atoms with van der Waals surface area (Å²) in [6.07, 6.45) is 0. The van der Waals surface area contributed by atoms with Crippen LogP contribution in [-0.2, 0) is 13.1 Å². The SMILES string of the molecule is CN(C)Cc1ccccc1CNC(=S)Nc1cc(Cl)cc(Cl)c1. The van der Waals surface area contributed by atoms with Crippen molar-refractivity contribution >= 4 is 46.2 Å². The molecule has 0 unspecified atom stereocenters. The van der Waals surface area contributed by atoms with Crippen LogP contribution >= 0.6 is 35.4 Å². The van der Waals surface area contributed by atoms with Crippen LogP contribution in [0.5, 0.6) is 0 Å². The summed E-state index contributed by atoms with van der Waals surface area (Å²) in [4.78, 5) is 2.14. The molecule has 0 aliphatic heterocycles. The number of thiocarbonyl (C=S) groups is 1. The third-order valence-corrected chi connectivity index (χ3v) is 3.85. The number of nitrogens with one attached hydrogen (secondary N) is 2. The van der Waals surface area contributed by atoms with Crippen LogP contribution in [-0.4, -0.2) is 24.1 Å². The van der Waals surface area contributed by atoms with Gasteiger partial charge in [-0.3, -0.25) is 0 Å². The van der Waals surface area contributed by atoms with E-state index in [2.05, 4.69) is 41.8 Å². The monoisotopic (exact) mass is 367 g/mol. The predicted octanol–water partition coefficient (Wildman–Crippen LogP) is 4.54. The summed E-state index contributed by atoms with van der Waals surface area (Å²) in [5.74, 6) is 0. The molecule has 2 aromatic rings. The first-order chi connectivity index (χ1) is 10.9. The van der Waals surface area contributed by atoms with Gasteiger partial charge in [0.25, 0.3) is 0 Å². The van der Waals surface area contributed by atoms with Crippen LogP contribution in [0, 0.1) is 0 Å². The highest BCUT2D eigenvalue weighted by Gasteiger charge is 2.05. The third-order valence-electron chi connectivity index (χ3n) is 3.16. The average Bonchev–Trinajstić information content (AvgIpc) is 2.44. The fourth-order valence-corrected chi connectivity index (χ4v) is 2.92. The van der Waals surface area contributed by atoms with Crippen LogP contribution < -0.4 is 10.6 Å². The van der Waals surface area contributed by atoms with Crippen molar-refractivity contribution in [3.05, 3.63) is 63.6 Å². The lowest BCUT2D eigenvalue weighted by molar-refractivity contribution is 0.401. The van der Waals surface area contributed by atoms with E-state index in [9.17, 15) is 0 Å². The van der Waals surface area contributed by atoms with Gasteiger partial charge in [-0.2, -0.15) is 0 Å². The number of nitrogens with zero attached hydrogens (tertiary/aromatic N) is 1. The Bertz CT molecular complexity index is 669. The lowest BCUT2D eigenvalue weighted by atomic mass is 10.1. The molecule has 0 fully saturated rings. The van der Waals surface area contributed by atoms with Crippen LogP contribution in [0.15, 0.2) is 42.5 Å². The highest BCUT2D eigenvalue weighted by atomic mass is 35.5. The molecule has 0 aliphatic carbocycles. The number of hydrogen-bond acceptors (Lipinski definition) is 2. The molecule has 23 heavy (non-hydrogen) atoms. The minimum atomic E-state index is 0.531. The molecule has 2 aromatic carbocycles. The van der Waals surface area contributed by atoms with E-state index in [1.54, 1.807) is 18.2 Å². The van der Waals surface area contributed by atoms with E-state index in [1.165, 1.54) is 11.1 Å². The summed E-state index contributed by atoms with van der Waals surface area (Å²) < 4.78 is 0. The van der Waals surface area contributed by atoms with E-state index in [4.69, 9.17) is 35.4 Å². The fraction of sp³-hybridized carbons (Fsp3) is 0.235. The molecule has 0 radical (unpaired) electrons. The van der Waals surface area contributed by atoms with Gasteiger partial charge in [0.15, 0.2) is 5.11 Å². The van der Waals surface area contributed by atoms with Gasteiger partial charge in [0.1, 0.15) is 0 Å². The maximum absolute atomic E-state index is 5.98. The topological polar surface area (TPSA) is 27.3 Å². The lowest BCUT2D eigenvalue weighted by Gasteiger charge is -2.16. The minimum Gasteiger partial charge on any atom is -0.358 e. The Kier molecular flexibility index (Phi) is 6.66. The molecule has 0 aromatic heterocycles. The number of benzene rings is 2. The number of halogens is 2. The Morgan fingerprint density at radius 3 is 2.26 bits per heavy atom. The molecule has 0 saturated heterocycles. The zero-order valence-electron chi connectivity index (χ0n) is 13.1. The Morgan fingerprint density at radius 1 is 1.04 bits per heavy atom. The molecule has 0 saturated carbocycles. The number of anilines is 1. The Balaban J connectivity index is 1.97. The van der Waals surface area contributed by atoms with Gasteiger partial charge in [0, 0.05) is 28.8 Å². The summed E-state index contributed by atoms with van der Waals surface area (Å²) in [6.45, 7) is 1.55. The van der Waals surface area contributed by atoms with Gasteiger partial charge in [-0.25, -0.2) is 0 Å². The molecular weight excluding hydrogens is 349 g/mol. The van der Waals surface area contributed by atoms with Gasteiger partial charge in [-0.1, -0.05) is 47.5 Å². The van der Waals surface area contributed by atoms with Crippen LogP contribution in [0.25, 0.3) is 0 Å². The average molecular weight is 368 g/mol. The van der Waals surface area contributed by atoms with Crippen molar-refractivity contribution in [2.75, 3.05) is 19.4 Å². The second-order valence-corrected chi connectivity index (χ2v) is 6.75. The van der Waals surface area contributed by atoms with Crippen molar-refractivity contribution in [2.45, 2.75) is 13.1 Å². The van der Waals surface area contributed by atoms with Crippen molar-refractivity contribution in [2.24, 2.45) is 0 Å². The van der Waals surface area contributed by atoms with E-state index in [-0.39, 0.29) is 0 Å². The summed E-state index contributed by atoms with van der Waals surface area (Å²) >= 11 is 17.3. The molecule has 2 rings (SSSR count). The van der Waals surface area contributed by atoms with Crippen molar-refractivity contribution in [1.29, 1.82) is 0 Å². The van der Waals surface area contributed by atoms with Crippen molar-refractivity contribution < 1.29 is 0 Å². The molecule has 3 nitrogen and oxygen atoms in total.